The van der Waals surface area contributed by atoms with Crippen LogP contribution in [0.1, 0.15) is 25.7 Å². The van der Waals surface area contributed by atoms with Crippen molar-refractivity contribution >= 4 is 11.7 Å². The number of hydrogen-bond acceptors (Lipinski definition) is 6. The maximum absolute atomic E-state index is 11.9. The lowest BCUT2D eigenvalue weighted by Gasteiger charge is -2.32. The number of anilines is 1. The van der Waals surface area contributed by atoms with Crippen LogP contribution in [0.4, 0.5) is 5.82 Å². The molecule has 7 nitrogen and oxygen atoms in total. The van der Waals surface area contributed by atoms with E-state index in [1.165, 1.54) is 0 Å². The Balaban J connectivity index is 1.72. The van der Waals surface area contributed by atoms with Crippen LogP contribution >= 0.6 is 0 Å². The number of ether oxygens (including phenoxy) is 2. The van der Waals surface area contributed by atoms with Gasteiger partial charge in [0.2, 0.25) is 5.91 Å². The Hall–Kier alpha value is -1.89. The SMILES string of the molecule is COCCCNC(=O)CC1CCN(c2ccnc(OC)n2)CC1. The molecule has 1 saturated heterocycles. The van der Waals surface area contributed by atoms with E-state index in [9.17, 15) is 4.79 Å². The minimum atomic E-state index is 0.142. The van der Waals surface area contributed by atoms with Crippen LogP contribution < -0.4 is 15.0 Å². The third-order valence-electron chi connectivity index (χ3n) is 4.06. The van der Waals surface area contributed by atoms with Gasteiger partial charge >= 0.3 is 6.01 Å². The van der Waals surface area contributed by atoms with Gasteiger partial charge in [0.1, 0.15) is 5.82 Å². The number of nitrogens with zero attached hydrogens (tertiary/aromatic N) is 3. The van der Waals surface area contributed by atoms with E-state index in [1.54, 1.807) is 20.4 Å². The lowest BCUT2D eigenvalue weighted by molar-refractivity contribution is -0.122. The number of methoxy groups -OCH3 is 2. The van der Waals surface area contributed by atoms with E-state index in [4.69, 9.17) is 9.47 Å². The second-order valence-electron chi connectivity index (χ2n) is 5.73. The molecule has 0 aliphatic carbocycles. The van der Waals surface area contributed by atoms with Gasteiger partial charge in [-0.05, 0) is 31.2 Å². The molecule has 0 bridgehead atoms. The first-order chi connectivity index (χ1) is 11.2. The van der Waals surface area contributed by atoms with Crippen molar-refractivity contribution < 1.29 is 14.3 Å². The van der Waals surface area contributed by atoms with Crippen molar-refractivity contribution in [1.82, 2.24) is 15.3 Å². The molecule has 0 unspecified atom stereocenters. The van der Waals surface area contributed by atoms with Crippen molar-refractivity contribution in [1.29, 1.82) is 0 Å². The Labute approximate surface area is 137 Å². The van der Waals surface area contributed by atoms with Gasteiger partial charge in [0.15, 0.2) is 0 Å². The predicted molar refractivity (Wildman–Crippen MR) is 87.6 cm³/mol. The van der Waals surface area contributed by atoms with Crippen LogP contribution in [0.2, 0.25) is 0 Å². The number of piperidine rings is 1. The molecule has 0 saturated carbocycles. The fraction of sp³-hybridized carbons (Fsp3) is 0.688. The van der Waals surface area contributed by atoms with E-state index in [0.29, 0.717) is 31.5 Å². The maximum atomic E-state index is 11.9. The second-order valence-corrected chi connectivity index (χ2v) is 5.73. The lowest BCUT2D eigenvalue weighted by atomic mass is 9.93. The molecular formula is C16H26N4O3. The van der Waals surface area contributed by atoms with Gasteiger partial charge in [-0.3, -0.25) is 4.79 Å². The number of rotatable bonds is 8. The highest BCUT2D eigenvalue weighted by molar-refractivity contribution is 5.76. The summed E-state index contributed by atoms with van der Waals surface area (Å²) < 4.78 is 10.0. The van der Waals surface area contributed by atoms with Crippen molar-refractivity contribution in [2.45, 2.75) is 25.7 Å². The zero-order valence-corrected chi connectivity index (χ0v) is 14.0. The average Bonchev–Trinajstić information content (AvgIpc) is 2.59. The van der Waals surface area contributed by atoms with Gasteiger partial charge in [0.25, 0.3) is 0 Å². The van der Waals surface area contributed by atoms with E-state index < -0.39 is 0 Å². The predicted octanol–water partition coefficient (Wildman–Crippen LogP) is 1.24. The van der Waals surface area contributed by atoms with E-state index in [-0.39, 0.29) is 5.91 Å². The molecule has 1 aliphatic rings. The minimum Gasteiger partial charge on any atom is -0.467 e. The molecule has 1 fully saturated rings. The van der Waals surface area contributed by atoms with Gasteiger partial charge in [-0.15, -0.1) is 0 Å². The molecule has 1 aliphatic heterocycles. The Morgan fingerprint density at radius 3 is 2.87 bits per heavy atom. The molecule has 1 aromatic heterocycles. The van der Waals surface area contributed by atoms with Crippen LogP contribution in [0.15, 0.2) is 12.3 Å². The molecule has 1 aromatic rings. The van der Waals surface area contributed by atoms with Crippen molar-refractivity contribution in [3.8, 4) is 6.01 Å². The lowest BCUT2D eigenvalue weighted by Crippen LogP contribution is -2.36. The third kappa shape index (κ3) is 5.67. The van der Waals surface area contributed by atoms with Crippen molar-refractivity contribution in [3.05, 3.63) is 12.3 Å². The van der Waals surface area contributed by atoms with Gasteiger partial charge < -0.3 is 19.7 Å². The highest BCUT2D eigenvalue weighted by Crippen LogP contribution is 2.24. The molecule has 2 rings (SSSR count). The molecule has 128 valence electrons. The Bertz CT molecular complexity index is 490. The first kappa shape index (κ1) is 17.5. The second kappa shape index (κ2) is 9.29. The molecule has 0 aromatic carbocycles. The van der Waals surface area contributed by atoms with Crippen molar-refractivity contribution in [2.75, 3.05) is 45.4 Å². The van der Waals surface area contributed by atoms with Gasteiger partial charge in [0.05, 0.1) is 7.11 Å². The highest BCUT2D eigenvalue weighted by Gasteiger charge is 2.22. The molecule has 0 spiro atoms. The van der Waals surface area contributed by atoms with Crippen LogP contribution in [-0.2, 0) is 9.53 Å². The number of aromatic nitrogens is 2. The van der Waals surface area contributed by atoms with E-state index >= 15 is 0 Å². The van der Waals surface area contributed by atoms with Crippen LogP contribution in [0.3, 0.4) is 0 Å². The van der Waals surface area contributed by atoms with Crippen LogP contribution in [-0.4, -0.2) is 56.3 Å². The largest absolute Gasteiger partial charge is 0.467 e. The minimum absolute atomic E-state index is 0.142. The van der Waals surface area contributed by atoms with Crippen LogP contribution in [0.5, 0.6) is 6.01 Å². The Morgan fingerprint density at radius 2 is 2.17 bits per heavy atom. The molecular weight excluding hydrogens is 296 g/mol. The fourth-order valence-corrected chi connectivity index (χ4v) is 2.75. The third-order valence-corrected chi connectivity index (χ3v) is 4.06. The molecule has 0 atom stereocenters. The Kier molecular flexibility index (Phi) is 7.06. The molecule has 2 heterocycles. The molecule has 0 radical (unpaired) electrons. The first-order valence-electron chi connectivity index (χ1n) is 8.10. The van der Waals surface area contributed by atoms with Crippen LogP contribution in [0, 0.1) is 5.92 Å². The van der Waals surface area contributed by atoms with Gasteiger partial charge in [-0.25, -0.2) is 4.98 Å². The average molecular weight is 322 g/mol. The zero-order chi connectivity index (χ0) is 16.5. The summed E-state index contributed by atoms with van der Waals surface area (Å²) in [6.07, 6.45) is 5.17. The normalized spacial score (nSPS) is 15.5. The standard InChI is InChI=1S/C16H26N4O3/c1-22-11-3-7-17-15(21)12-13-5-9-20(10-6-13)14-4-8-18-16(19-14)23-2/h4,8,13H,3,5-7,9-12H2,1-2H3,(H,17,21). The fourth-order valence-electron chi connectivity index (χ4n) is 2.75. The Morgan fingerprint density at radius 1 is 1.39 bits per heavy atom. The number of amides is 1. The number of carbonyl (C=O) groups is 1. The summed E-state index contributed by atoms with van der Waals surface area (Å²) in [5.41, 5.74) is 0. The smallest absolute Gasteiger partial charge is 0.318 e. The van der Waals surface area contributed by atoms with E-state index in [0.717, 1.165) is 38.2 Å². The van der Waals surface area contributed by atoms with Crippen molar-refractivity contribution in [3.63, 3.8) is 0 Å². The molecule has 1 amide bonds. The topological polar surface area (TPSA) is 76.6 Å². The highest BCUT2D eigenvalue weighted by atomic mass is 16.5. The summed E-state index contributed by atoms with van der Waals surface area (Å²) in [6, 6.07) is 2.28. The maximum Gasteiger partial charge on any atom is 0.318 e. The summed E-state index contributed by atoms with van der Waals surface area (Å²) in [4.78, 5) is 22.5. The zero-order valence-electron chi connectivity index (χ0n) is 14.0. The van der Waals surface area contributed by atoms with Crippen LogP contribution in [0.25, 0.3) is 0 Å². The van der Waals surface area contributed by atoms with Gasteiger partial charge in [-0.1, -0.05) is 0 Å². The number of carbonyl (C=O) groups excluding carboxylic acids is 1. The monoisotopic (exact) mass is 322 g/mol. The number of nitrogens with one attached hydrogen (secondary N) is 1. The summed E-state index contributed by atoms with van der Waals surface area (Å²) in [6.45, 7) is 3.18. The summed E-state index contributed by atoms with van der Waals surface area (Å²) in [7, 11) is 3.24. The quantitative estimate of drug-likeness (QED) is 0.726. The first-order valence-corrected chi connectivity index (χ1v) is 8.10. The van der Waals surface area contributed by atoms with E-state index in [2.05, 4.69) is 20.2 Å². The summed E-state index contributed by atoms with van der Waals surface area (Å²) in [5, 5.41) is 2.95. The van der Waals surface area contributed by atoms with Gasteiger partial charge in [-0.2, -0.15) is 4.98 Å². The van der Waals surface area contributed by atoms with E-state index in [1.807, 2.05) is 6.07 Å². The summed E-state index contributed by atoms with van der Waals surface area (Å²) in [5.74, 6) is 1.47. The molecule has 7 heteroatoms. The summed E-state index contributed by atoms with van der Waals surface area (Å²) >= 11 is 0. The number of hydrogen-bond donors (Lipinski definition) is 1. The molecule has 1 N–H and O–H groups in total. The van der Waals surface area contributed by atoms with Crippen molar-refractivity contribution in [2.24, 2.45) is 5.92 Å². The van der Waals surface area contributed by atoms with Gasteiger partial charge in [0, 0.05) is 46.0 Å². The molecule has 23 heavy (non-hydrogen) atoms.